The van der Waals surface area contributed by atoms with Crippen molar-refractivity contribution in [2.75, 3.05) is 5.75 Å². The van der Waals surface area contributed by atoms with Crippen LogP contribution >= 0.6 is 11.8 Å². The molecule has 6 heteroatoms. The Labute approximate surface area is 175 Å². The Morgan fingerprint density at radius 1 is 1.03 bits per heavy atom. The van der Waals surface area contributed by atoms with Gasteiger partial charge < -0.3 is 4.90 Å². The lowest BCUT2D eigenvalue weighted by molar-refractivity contribution is -0.149. The van der Waals surface area contributed by atoms with E-state index in [1.165, 1.54) is 43.2 Å². The van der Waals surface area contributed by atoms with Gasteiger partial charge in [0.2, 0.25) is 5.91 Å². The molecule has 4 aliphatic carbocycles. The number of hydrogen-bond acceptors (Lipinski definition) is 4. The second-order valence-corrected chi connectivity index (χ2v) is 10.0. The van der Waals surface area contributed by atoms with Gasteiger partial charge in [-0.3, -0.25) is 4.79 Å². The Hall–Kier alpha value is -1.95. The molecule has 0 spiro atoms. The third-order valence-corrected chi connectivity index (χ3v) is 7.86. The molecule has 4 saturated carbocycles. The fourth-order valence-corrected chi connectivity index (χ4v) is 6.93. The van der Waals surface area contributed by atoms with Crippen molar-refractivity contribution >= 4 is 17.7 Å². The van der Waals surface area contributed by atoms with E-state index in [4.69, 9.17) is 0 Å². The van der Waals surface area contributed by atoms with Crippen molar-refractivity contribution in [1.29, 1.82) is 0 Å². The molecule has 0 atom stereocenters. The van der Waals surface area contributed by atoms with Crippen LogP contribution in [0.4, 0.5) is 4.39 Å². The van der Waals surface area contributed by atoms with Gasteiger partial charge in [-0.25, -0.2) is 14.4 Å². The van der Waals surface area contributed by atoms with Crippen LogP contribution in [0.5, 0.6) is 0 Å². The molecule has 2 aromatic rings. The van der Waals surface area contributed by atoms with Crippen molar-refractivity contribution in [2.45, 2.75) is 55.8 Å². The number of benzene rings is 1. The van der Waals surface area contributed by atoms with E-state index in [0.717, 1.165) is 42.6 Å². The Kier molecular flexibility index (Phi) is 5.06. The first-order valence-corrected chi connectivity index (χ1v) is 11.5. The molecule has 0 N–H and O–H groups in total. The van der Waals surface area contributed by atoms with E-state index >= 15 is 0 Å². The van der Waals surface area contributed by atoms with E-state index < -0.39 is 0 Å². The Bertz CT molecular complexity index is 838. The van der Waals surface area contributed by atoms with Crippen molar-refractivity contribution in [3.8, 4) is 0 Å². The molecule has 1 aromatic heterocycles. The fourth-order valence-electron chi connectivity index (χ4n) is 6.25. The van der Waals surface area contributed by atoms with Gasteiger partial charge in [0.1, 0.15) is 5.82 Å². The SMILES string of the molecule is O=C(CSc1ncccn1)N(Cc1ccc(F)cc1)C12CC3CC(CC(C3)C1)C2. The predicted molar refractivity (Wildman–Crippen MR) is 111 cm³/mol. The van der Waals surface area contributed by atoms with Gasteiger partial charge in [0.05, 0.1) is 5.75 Å². The van der Waals surface area contributed by atoms with Gasteiger partial charge in [0, 0.05) is 24.5 Å². The molecular formula is C23H26FN3OS. The number of carbonyl (C=O) groups is 1. The highest BCUT2D eigenvalue weighted by Gasteiger charge is 2.54. The Balaban J connectivity index is 1.39. The smallest absolute Gasteiger partial charge is 0.233 e. The number of nitrogens with zero attached hydrogens (tertiary/aromatic N) is 3. The summed E-state index contributed by atoms with van der Waals surface area (Å²) in [7, 11) is 0. The van der Waals surface area contributed by atoms with Crippen LogP contribution in [0.3, 0.4) is 0 Å². The summed E-state index contributed by atoms with van der Waals surface area (Å²) in [5.74, 6) is 2.53. The molecule has 4 aliphatic rings. The van der Waals surface area contributed by atoms with Crippen molar-refractivity contribution in [2.24, 2.45) is 17.8 Å². The average molecular weight is 412 g/mol. The van der Waals surface area contributed by atoms with E-state index in [0.29, 0.717) is 17.5 Å². The van der Waals surface area contributed by atoms with Crippen molar-refractivity contribution < 1.29 is 9.18 Å². The summed E-state index contributed by atoms with van der Waals surface area (Å²) in [6, 6.07) is 8.38. The first-order chi connectivity index (χ1) is 14.1. The number of hydrogen-bond donors (Lipinski definition) is 0. The molecule has 0 saturated heterocycles. The first kappa shape index (κ1) is 19.0. The second kappa shape index (κ2) is 7.71. The molecule has 29 heavy (non-hydrogen) atoms. The molecule has 1 heterocycles. The topological polar surface area (TPSA) is 46.1 Å². The summed E-state index contributed by atoms with van der Waals surface area (Å²) < 4.78 is 13.4. The van der Waals surface area contributed by atoms with Crippen LogP contribution in [-0.2, 0) is 11.3 Å². The van der Waals surface area contributed by atoms with Gasteiger partial charge in [0.25, 0.3) is 0 Å². The van der Waals surface area contributed by atoms with E-state index in [1.807, 2.05) is 12.1 Å². The van der Waals surface area contributed by atoms with Gasteiger partial charge in [-0.1, -0.05) is 23.9 Å². The molecule has 4 fully saturated rings. The van der Waals surface area contributed by atoms with Crippen LogP contribution in [0.2, 0.25) is 0 Å². The van der Waals surface area contributed by atoms with Crippen LogP contribution in [0, 0.1) is 23.6 Å². The monoisotopic (exact) mass is 411 g/mol. The van der Waals surface area contributed by atoms with Gasteiger partial charge in [-0.2, -0.15) is 0 Å². The van der Waals surface area contributed by atoms with Crippen LogP contribution in [0.25, 0.3) is 0 Å². The van der Waals surface area contributed by atoms with Crippen LogP contribution in [-0.4, -0.2) is 32.1 Å². The zero-order valence-electron chi connectivity index (χ0n) is 16.5. The molecule has 1 amide bonds. The molecule has 1 aromatic carbocycles. The largest absolute Gasteiger partial charge is 0.332 e. The molecule has 4 nitrogen and oxygen atoms in total. The van der Waals surface area contributed by atoms with Crippen molar-refractivity contribution in [3.05, 3.63) is 54.1 Å². The summed E-state index contributed by atoms with van der Waals surface area (Å²) in [5.41, 5.74) is 0.967. The van der Waals surface area contributed by atoms with Crippen LogP contribution < -0.4 is 0 Å². The fraction of sp³-hybridized carbons (Fsp3) is 0.522. The Morgan fingerprint density at radius 3 is 2.21 bits per heavy atom. The maximum atomic E-state index is 13.5. The number of aromatic nitrogens is 2. The highest BCUT2D eigenvalue weighted by Crippen LogP contribution is 2.58. The summed E-state index contributed by atoms with van der Waals surface area (Å²) in [4.78, 5) is 24.1. The zero-order valence-corrected chi connectivity index (χ0v) is 17.3. The lowest BCUT2D eigenvalue weighted by Gasteiger charge is -2.60. The van der Waals surface area contributed by atoms with E-state index in [2.05, 4.69) is 14.9 Å². The minimum atomic E-state index is -0.238. The molecule has 0 radical (unpaired) electrons. The maximum absolute atomic E-state index is 13.5. The quantitative estimate of drug-likeness (QED) is 0.510. The summed E-state index contributed by atoms with van der Waals surface area (Å²) >= 11 is 1.40. The number of halogens is 1. The molecule has 0 aliphatic heterocycles. The summed E-state index contributed by atoms with van der Waals surface area (Å²) in [6.45, 7) is 0.557. The molecule has 4 bridgehead atoms. The highest BCUT2D eigenvalue weighted by molar-refractivity contribution is 7.99. The minimum absolute atomic E-state index is 0.0294. The van der Waals surface area contributed by atoms with E-state index in [9.17, 15) is 9.18 Å². The lowest BCUT2D eigenvalue weighted by Crippen LogP contribution is -2.61. The van der Waals surface area contributed by atoms with Crippen LogP contribution in [0.15, 0.2) is 47.9 Å². The van der Waals surface area contributed by atoms with E-state index in [1.54, 1.807) is 18.5 Å². The van der Waals surface area contributed by atoms with Gasteiger partial charge >= 0.3 is 0 Å². The van der Waals surface area contributed by atoms with Crippen molar-refractivity contribution in [1.82, 2.24) is 14.9 Å². The highest BCUT2D eigenvalue weighted by atomic mass is 32.2. The minimum Gasteiger partial charge on any atom is -0.332 e. The lowest BCUT2D eigenvalue weighted by atomic mass is 9.52. The van der Waals surface area contributed by atoms with Crippen LogP contribution in [0.1, 0.15) is 44.1 Å². The van der Waals surface area contributed by atoms with Gasteiger partial charge in [0.15, 0.2) is 5.16 Å². The Morgan fingerprint density at radius 2 is 1.62 bits per heavy atom. The normalized spacial score (nSPS) is 29.8. The third kappa shape index (κ3) is 3.91. The van der Waals surface area contributed by atoms with Gasteiger partial charge in [-0.15, -0.1) is 0 Å². The maximum Gasteiger partial charge on any atom is 0.233 e. The second-order valence-electron chi connectivity index (χ2n) is 9.07. The first-order valence-electron chi connectivity index (χ1n) is 10.5. The number of amides is 1. The zero-order chi connectivity index (χ0) is 19.8. The average Bonchev–Trinajstić information content (AvgIpc) is 2.71. The summed E-state index contributed by atoms with van der Waals surface area (Å²) in [6.07, 6.45) is 10.8. The molecule has 152 valence electrons. The van der Waals surface area contributed by atoms with E-state index in [-0.39, 0.29) is 17.3 Å². The molecule has 0 unspecified atom stereocenters. The third-order valence-electron chi connectivity index (χ3n) is 7.00. The number of carbonyl (C=O) groups excluding carboxylic acids is 1. The standard InChI is InChI=1S/C23H26FN3OS/c24-20-4-2-16(3-5-20)14-27(21(28)15-29-22-25-6-1-7-26-22)23-11-17-8-18(12-23)10-19(9-17)13-23/h1-7,17-19H,8-15H2. The van der Waals surface area contributed by atoms with Crippen molar-refractivity contribution in [3.63, 3.8) is 0 Å². The summed E-state index contributed by atoms with van der Waals surface area (Å²) in [5, 5.41) is 0.632. The van der Waals surface area contributed by atoms with Gasteiger partial charge in [-0.05, 0) is 80.0 Å². The molecule has 6 rings (SSSR count). The number of thioether (sulfide) groups is 1. The molecular weight excluding hydrogens is 385 g/mol. The predicted octanol–water partition coefficient (Wildman–Crippen LogP) is 4.71. The number of rotatable bonds is 6.